The molecular formula is C65H65N4OPt-3. The van der Waals surface area contributed by atoms with Crippen LogP contribution in [0.3, 0.4) is 0 Å². The number of nitrogens with zero attached hydrogens (tertiary/aromatic N) is 4. The minimum absolute atomic E-state index is 0. The second-order valence-electron chi connectivity index (χ2n) is 22.1. The summed E-state index contributed by atoms with van der Waals surface area (Å²) in [6.07, 6.45) is 1.92. The number of benzene rings is 7. The van der Waals surface area contributed by atoms with Crippen molar-refractivity contribution in [2.45, 2.75) is 112 Å². The van der Waals surface area contributed by atoms with Crippen LogP contribution in [0, 0.1) is 18.8 Å². The van der Waals surface area contributed by atoms with Crippen molar-refractivity contribution in [3.8, 4) is 39.6 Å². The van der Waals surface area contributed by atoms with Crippen LogP contribution in [-0.4, -0.2) is 9.55 Å². The monoisotopic (exact) mass is 1110 g/mol. The van der Waals surface area contributed by atoms with Gasteiger partial charge < -0.3 is 19.1 Å². The zero-order valence-corrected chi connectivity index (χ0v) is 45.5. The first kappa shape index (κ1) is 49.6. The summed E-state index contributed by atoms with van der Waals surface area (Å²) in [6, 6.07) is 60.4. The molecule has 0 amide bonds. The fourth-order valence-electron chi connectivity index (χ4n) is 9.93. The topological polar surface area (TPSA) is 33.5 Å². The van der Waals surface area contributed by atoms with Crippen LogP contribution in [0.4, 0.5) is 22.7 Å². The van der Waals surface area contributed by atoms with Gasteiger partial charge in [0.25, 0.3) is 0 Å². The van der Waals surface area contributed by atoms with Crippen molar-refractivity contribution >= 4 is 44.6 Å². The van der Waals surface area contributed by atoms with E-state index in [0.29, 0.717) is 17.4 Å². The van der Waals surface area contributed by atoms with Crippen molar-refractivity contribution in [3.63, 3.8) is 0 Å². The first-order chi connectivity index (χ1) is 33.4. The number of hydrogen-bond donors (Lipinski definition) is 0. The molecule has 0 spiro atoms. The van der Waals surface area contributed by atoms with Crippen LogP contribution in [0.15, 0.2) is 152 Å². The normalized spacial score (nSPS) is 12.9. The Morgan fingerprint density at radius 3 is 1.85 bits per heavy atom. The number of para-hydroxylation sites is 3. The van der Waals surface area contributed by atoms with Crippen molar-refractivity contribution in [1.82, 2.24) is 9.55 Å². The van der Waals surface area contributed by atoms with E-state index in [4.69, 9.17) is 9.72 Å². The van der Waals surface area contributed by atoms with E-state index in [1.54, 1.807) is 0 Å². The van der Waals surface area contributed by atoms with Crippen LogP contribution >= 0.6 is 0 Å². The number of aromatic nitrogens is 2. The summed E-state index contributed by atoms with van der Waals surface area (Å²) in [4.78, 5) is 9.55. The number of ether oxygens (including phenoxy) is 1. The third-order valence-electron chi connectivity index (χ3n) is 13.9. The quantitative estimate of drug-likeness (QED) is 0.128. The van der Waals surface area contributed by atoms with Crippen LogP contribution in [0.5, 0.6) is 11.5 Å². The van der Waals surface area contributed by atoms with E-state index in [0.717, 1.165) is 55.9 Å². The van der Waals surface area contributed by atoms with Crippen molar-refractivity contribution in [2.75, 3.05) is 9.80 Å². The molecule has 0 bridgehead atoms. The van der Waals surface area contributed by atoms with Gasteiger partial charge in [-0.3, -0.25) is 0 Å². The Kier molecular flexibility index (Phi) is 13.5. The summed E-state index contributed by atoms with van der Waals surface area (Å²) >= 11 is 0. The molecular weight excluding hydrogens is 1050 g/mol. The van der Waals surface area contributed by atoms with Gasteiger partial charge in [-0.25, -0.2) is 4.98 Å². The summed E-state index contributed by atoms with van der Waals surface area (Å²) in [6.45, 7) is 29.7. The van der Waals surface area contributed by atoms with Gasteiger partial charge in [-0.2, -0.15) is 6.07 Å². The van der Waals surface area contributed by atoms with E-state index >= 15 is 0 Å². The third kappa shape index (κ3) is 9.59. The largest absolute Gasteiger partial charge is 0.509 e. The molecule has 7 aromatic carbocycles. The molecule has 0 saturated carbocycles. The van der Waals surface area contributed by atoms with Crippen molar-refractivity contribution < 1.29 is 25.8 Å². The first-order valence-electron chi connectivity index (χ1n) is 25.0. The summed E-state index contributed by atoms with van der Waals surface area (Å²) in [7, 11) is 0. The molecule has 6 heteroatoms. The van der Waals surface area contributed by atoms with Crippen LogP contribution in [-0.2, 0) is 31.9 Å². The molecule has 364 valence electrons. The third-order valence-corrected chi connectivity index (χ3v) is 13.9. The molecule has 0 unspecified atom stereocenters. The molecule has 10 rings (SSSR count). The molecule has 0 aliphatic carbocycles. The van der Waals surface area contributed by atoms with E-state index in [9.17, 15) is 0 Å². The molecule has 0 radical (unpaired) electrons. The van der Waals surface area contributed by atoms with E-state index in [2.05, 4.69) is 256 Å². The van der Waals surface area contributed by atoms with E-state index < -0.39 is 0 Å². The zero-order chi connectivity index (χ0) is 49.2. The first-order valence-corrected chi connectivity index (χ1v) is 25.0. The second kappa shape index (κ2) is 19.3. The predicted molar refractivity (Wildman–Crippen MR) is 295 cm³/mol. The Bertz CT molecular complexity index is 3380. The fraction of sp³-hybridized carbons (Fsp3) is 0.262. The van der Waals surface area contributed by atoms with Gasteiger partial charge in [0.05, 0.1) is 0 Å². The summed E-state index contributed by atoms with van der Waals surface area (Å²) in [5.41, 5.74) is 17.3. The molecule has 5 nitrogen and oxygen atoms in total. The maximum Gasteiger partial charge on any atom is 0.135 e. The maximum absolute atomic E-state index is 7.09. The summed E-state index contributed by atoms with van der Waals surface area (Å²) in [5.74, 6) is 3.04. The van der Waals surface area contributed by atoms with Crippen LogP contribution in [0.25, 0.3) is 49.9 Å². The van der Waals surface area contributed by atoms with Gasteiger partial charge in [-0.05, 0) is 121 Å². The van der Waals surface area contributed by atoms with Gasteiger partial charge in [-0.15, -0.1) is 53.6 Å². The smallest absolute Gasteiger partial charge is 0.135 e. The number of pyridine rings is 1. The van der Waals surface area contributed by atoms with Crippen molar-refractivity contribution in [2.24, 2.45) is 0 Å². The Labute approximate surface area is 436 Å². The molecule has 1 aliphatic heterocycles. The SMILES string of the molecule is CC(C)c1cc(C(C)C)c(-c2cc(Oc3[c-]c4c(cc3)c3ccccc3n4-c3cc(C(C)(C)C)ccn3)[c-]c(N3[CH-]N(c4cc(-c5ccccc5)cc(C(C)(C)C)c4)c4ccccc43)c2)c(C(C)C)c1.[Pt]. The molecule has 3 heterocycles. The second-order valence-corrected chi connectivity index (χ2v) is 22.1. The maximum atomic E-state index is 7.09. The number of rotatable bonds is 10. The molecule has 0 N–H and O–H groups in total. The minimum atomic E-state index is -0.0679. The van der Waals surface area contributed by atoms with Gasteiger partial charge in [0, 0.05) is 61.3 Å². The molecule has 0 fully saturated rings. The molecule has 0 atom stereocenters. The standard InChI is InChI=1S/C65H65N4O.Pt/c1-41(2)45-34-56(42(3)4)63(57(35-45)43(5)6)47-32-51(68-40-67(59-24-18-19-25-60(59)68)50-31-46(44-20-14-13-15-21-44)30-49(36-50)65(10,11)12)38-53(33-47)70-52-26-27-55-54-22-16-17-23-58(54)69(61(55)39-52)62-37-48(28-29-66-62)64(7,8)9;/h13-37,40-43H,1-12H3;/q-3;. The molecule has 9 aromatic rings. The molecule has 2 aromatic heterocycles. The predicted octanol–water partition coefficient (Wildman–Crippen LogP) is 18.3. The van der Waals surface area contributed by atoms with Gasteiger partial charge in [0.15, 0.2) is 0 Å². The van der Waals surface area contributed by atoms with E-state index in [-0.39, 0.29) is 43.7 Å². The van der Waals surface area contributed by atoms with Gasteiger partial charge in [0.2, 0.25) is 0 Å². The van der Waals surface area contributed by atoms with Crippen molar-refractivity contribution in [1.29, 1.82) is 0 Å². The molecule has 0 saturated heterocycles. The summed E-state index contributed by atoms with van der Waals surface area (Å²) in [5, 5.41) is 2.23. The van der Waals surface area contributed by atoms with Gasteiger partial charge >= 0.3 is 0 Å². The van der Waals surface area contributed by atoms with Crippen LogP contribution < -0.4 is 14.5 Å². The Balaban J connectivity index is 0.00000624. The van der Waals surface area contributed by atoms with E-state index in [1.165, 1.54) is 44.5 Å². The van der Waals surface area contributed by atoms with Crippen molar-refractivity contribution in [3.05, 3.63) is 198 Å². The minimum Gasteiger partial charge on any atom is -0.509 e. The molecule has 1 aliphatic rings. The fourth-order valence-corrected chi connectivity index (χ4v) is 9.93. The van der Waals surface area contributed by atoms with Gasteiger partial charge in [-0.1, -0.05) is 167 Å². The zero-order valence-electron chi connectivity index (χ0n) is 43.3. The number of fused-ring (bicyclic) bond motifs is 4. The Morgan fingerprint density at radius 1 is 0.535 bits per heavy atom. The van der Waals surface area contributed by atoms with E-state index in [1.807, 2.05) is 12.3 Å². The summed E-state index contributed by atoms with van der Waals surface area (Å²) < 4.78 is 9.32. The Hall–Kier alpha value is -6.42. The van der Waals surface area contributed by atoms with Crippen LogP contribution in [0.1, 0.15) is 129 Å². The number of hydrogen-bond acceptors (Lipinski definition) is 4. The average Bonchev–Trinajstić information content (AvgIpc) is 3.89. The Morgan fingerprint density at radius 2 is 1.18 bits per heavy atom. The van der Waals surface area contributed by atoms with Crippen LogP contribution in [0.2, 0.25) is 0 Å². The number of anilines is 4. The average molecular weight is 1110 g/mol. The molecule has 71 heavy (non-hydrogen) atoms. The van der Waals surface area contributed by atoms with Gasteiger partial charge in [0.1, 0.15) is 5.82 Å².